The number of nitrogens with one attached hydrogen (secondary N) is 2. The Morgan fingerprint density at radius 2 is 1.79 bits per heavy atom. The van der Waals surface area contributed by atoms with Crippen LogP contribution in [0, 0.1) is 4.77 Å². The summed E-state index contributed by atoms with van der Waals surface area (Å²) in [5.41, 5.74) is 1.91. The SMILES string of the molecule is O=C(Nc1ccc2c(c1)OC1(CCCCC1)O2)c1c[nH]c(=S)n1-c1ccccc1. The van der Waals surface area contributed by atoms with Crippen LogP contribution < -0.4 is 14.8 Å². The van der Waals surface area contributed by atoms with E-state index in [0.29, 0.717) is 21.9 Å². The van der Waals surface area contributed by atoms with Crippen LogP contribution in [-0.2, 0) is 0 Å². The normalized spacial score (nSPS) is 16.7. The Kier molecular flexibility index (Phi) is 4.39. The maximum Gasteiger partial charge on any atom is 0.274 e. The first-order valence-electron chi connectivity index (χ1n) is 9.83. The summed E-state index contributed by atoms with van der Waals surface area (Å²) in [5, 5.41) is 2.94. The second-order valence-corrected chi connectivity index (χ2v) is 7.83. The van der Waals surface area contributed by atoms with Crippen molar-refractivity contribution < 1.29 is 14.3 Å². The molecule has 1 amide bonds. The number of imidazole rings is 1. The number of hydrogen-bond donors (Lipinski definition) is 2. The number of fused-ring (bicyclic) bond motifs is 1. The molecule has 1 spiro atoms. The highest BCUT2D eigenvalue weighted by Crippen LogP contribution is 2.46. The summed E-state index contributed by atoms with van der Waals surface area (Å²) in [4.78, 5) is 15.9. The fraction of sp³-hybridized carbons (Fsp3) is 0.273. The number of rotatable bonds is 3. The van der Waals surface area contributed by atoms with Crippen molar-refractivity contribution in [3.8, 4) is 17.2 Å². The van der Waals surface area contributed by atoms with Crippen molar-refractivity contribution in [1.29, 1.82) is 0 Å². The fourth-order valence-electron chi connectivity index (χ4n) is 4.03. The van der Waals surface area contributed by atoms with E-state index in [4.69, 9.17) is 21.7 Å². The van der Waals surface area contributed by atoms with Crippen LogP contribution in [-0.4, -0.2) is 21.2 Å². The summed E-state index contributed by atoms with van der Waals surface area (Å²) >= 11 is 5.36. The van der Waals surface area contributed by atoms with Crippen molar-refractivity contribution in [1.82, 2.24) is 9.55 Å². The summed E-state index contributed by atoms with van der Waals surface area (Å²) in [6.07, 6.45) is 6.84. The van der Waals surface area contributed by atoms with E-state index in [9.17, 15) is 4.79 Å². The van der Waals surface area contributed by atoms with E-state index in [1.165, 1.54) is 6.42 Å². The van der Waals surface area contributed by atoms with Crippen LogP contribution in [0.25, 0.3) is 5.69 Å². The second-order valence-electron chi connectivity index (χ2n) is 7.44. The first-order valence-corrected chi connectivity index (χ1v) is 10.2. The van der Waals surface area contributed by atoms with E-state index in [1.807, 2.05) is 48.5 Å². The lowest BCUT2D eigenvalue weighted by Gasteiger charge is -2.31. The summed E-state index contributed by atoms with van der Waals surface area (Å²) in [5.74, 6) is 0.627. The number of carbonyl (C=O) groups is 1. The van der Waals surface area contributed by atoms with E-state index in [0.717, 1.165) is 37.1 Å². The van der Waals surface area contributed by atoms with Crippen molar-refractivity contribution in [2.24, 2.45) is 0 Å². The molecule has 2 aromatic carbocycles. The lowest BCUT2D eigenvalue weighted by atomic mass is 9.94. The van der Waals surface area contributed by atoms with Crippen LogP contribution in [0.4, 0.5) is 5.69 Å². The van der Waals surface area contributed by atoms with Crippen LogP contribution in [0.2, 0.25) is 0 Å². The number of benzene rings is 2. The molecule has 1 aliphatic heterocycles. The number of para-hydroxylation sites is 1. The standard InChI is InChI=1S/C22H21N3O3S/c26-20(17-14-23-21(29)25(17)16-7-3-1-4-8-16)24-15-9-10-18-19(13-15)28-22(27-18)11-5-2-6-12-22/h1,3-4,7-10,13-14H,2,5-6,11-12H2,(H,23,29)(H,24,26). The number of anilines is 1. The molecular formula is C22H21N3O3S. The number of aromatic nitrogens is 2. The van der Waals surface area contributed by atoms with Gasteiger partial charge in [-0.1, -0.05) is 24.6 Å². The zero-order valence-electron chi connectivity index (χ0n) is 15.8. The van der Waals surface area contributed by atoms with Gasteiger partial charge in [0, 0.05) is 36.5 Å². The molecule has 0 radical (unpaired) electrons. The minimum Gasteiger partial charge on any atom is -0.448 e. The predicted octanol–water partition coefficient (Wildman–Crippen LogP) is 5.22. The van der Waals surface area contributed by atoms with Crippen molar-refractivity contribution in [3.05, 3.63) is 65.2 Å². The quantitative estimate of drug-likeness (QED) is 0.584. The van der Waals surface area contributed by atoms with Gasteiger partial charge in [-0.05, 0) is 49.3 Å². The molecule has 0 atom stereocenters. The Labute approximate surface area is 173 Å². The molecule has 2 N–H and O–H groups in total. The number of amides is 1. The minimum absolute atomic E-state index is 0.257. The number of ether oxygens (including phenoxy) is 2. The number of nitrogens with zero attached hydrogens (tertiary/aromatic N) is 1. The van der Waals surface area contributed by atoms with Gasteiger partial charge < -0.3 is 19.8 Å². The maximum atomic E-state index is 12.9. The highest BCUT2D eigenvalue weighted by molar-refractivity contribution is 7.71. The lowest BCUT2D eigenvalue weighted by Crippen LogP contribution is -2.40. The predicted molar refractivity (Wildman–Crippen MR) is 112 cm³/mol. The zero-order valence-corrected chi connectivity index (χ0v) is 16.6. The number of H-pyrrole nitrogens is 1. The Bertz CT molecular complexity index is 1110. The summed E-state index contributed by atoms with van der Waals surface area (Å²) < 4.78 is 14.4. The van der Waals surface area contributed by atoms with Gasteiger partial charge in [-0.3, -0.25) is 9.36 Å². The molecule has 0 unspecified atom stereocenters. The molecule has 0 saturated heterocycles. The largest absolute Gasteiger partial charge is 0.448 e. The average Bonchev–Trinajstić information content (AvgIpc) is 3.29. The molecule has 6 nitrogen and oxygen atoms in total. The van der Waals surface area contributed by atoms with Gasteiger partial charge in [0.2, 0.25) is 0 Å². The van der Waals surface area contributed by atoms with Crippen molar-refractivity contribution in [2.75, 3.05) is 5.32 Å². The summed E-state index contributed by atoms with van der Waals surface area (Å²) in [6, 6.07) is 15.1. The van der Waals surface area contributed by atoms with E-state index in [2.05, 4.69) is 10.3 Å². The number of hydrogen-bond acceptors (Lipinski definition) is 4. The fourth-order valence-corrected chi connectivity index (χ4v) is 4.29. The van der Waals surface area contributed by atoms with Crippen molar-refractivity contribution >= 4 is 23.8 Å². The van der Waals surface area contributed by atoms with Gasteiger partial charge in [0.25, 0.3) is 11.7 Å². The Morgan fingerprint density at radius 1 is 1.03 bits per heavy atom. The highest BCUT2D eigenvalue weighted by Gasteiger charge is 2.42. The van der Waals surface area contributed by atoms with E-state index < -0.39 is 5.79 Å². The van der Waals surface area contributed by atoms with Gasteiger partial charge in [-0.15, -0.1) is 0 Å². The van der Waals surface area contributed by atoms with Gasteiger partial charge in [0.1, 0.15) is 5.69 Å². The Balaban J connectivity index is 1.39. The molecule has 1 aromatic heterocycles. The third-order valence-corrected chi connectivity index (χ3v) is 5.73. The molecule has 2 aliphatic rings. The van der Waals surface area contributed by atoms with E-state index in [-0.39, 0.29) is 5.91 Å². The first kappa shape index (κ1) is 18.0. The smallest absolute Gasteiger partial charge is 0.274 e. The first-order chi connectivity index (χ1) is 14.1. The molecule has 1 fully saturated rings. The molecule has 0 bridgehead atoms. The molecule has 5 rings (SSSR count). The zero-order chi connectivity index (χ0) is 19.8. The van der Waals surface area contributed by atoms with Gasteiger partial charge in [-0.2, -0.15) is 0 Å². The third kappa shape index (κ3) is 3.31. The van der Waals surface area contributed by atoms with Crippen LogP contribution in [0.15, 0.2) is 54.7 Å². The highest BCUT2D eigenvalue weighted by atomic mass is 32.1. The second kappa shape index (κ2) is 7.08. The Hall–Kier alpha value is -3.06. The van der Waals surface area contributed by atoms with Crippen LogP contribution >= 0.6 is 12.2 Å². The summed E-state index contributed by atoms with van der Waals surface area (Å²) in [7, 11) is 0. The lowest BCUT2D eigenvalue weighted by molar-refractivity contribution is -0.105. The molecule has 1 saturated carbocycles. The van der Waals surface area contributed by atoms with E-state index >= 15 is 0 Å². The number of carbonyl (C=O) groups excluding carboxylic acids is 1. The van der Waals surface area contributed by atoms with E-state index in [1.54, 1.807) is 10.8 Å². The third-order valence-electron chi connectivity index (χ3n) is 5.43. The molecule has 148 valence electrons. The van der Waals surface area contributed by atoms with Crippen LogP contribution in [0.5, 0.6) is 11.5 Å². The van der Waals surface area contributed by atoms with Crippen LogP contribution in [0.1, 0.15) is 42.6 Å². The molecule has 7 heteroatoms. The molecule has 29 heavy (non-hydrogen) atoms. The van der Waals surface area contributed by atoms with Gasteiger partial charge in [0.15, 0.2) is 16.3 Å². The van der Waals surface area contributed by atoms with Crippen molar-refractivity contribution in [2.45, 2.75) is 37.9 Å². The molecular weight excluding hydrogens is 386 g/mol. The summed E-state index contributed by atoms with van der Waals surface area (Å²) in [6.45, 7) is 0. The van der Waals surface area contributed by atoms with Gasteiger partial charge in [0.05, 0.1) is 0 Å². The Morgan fingerprint density at radius 3 is 2.59 bits per heavy atom. The van der Waals surface area contributed by atoms with Gasteiger partial charge in [-0.25, -0.2) is 0 Å². The number of aromatic amines is 1. The molecule has 3 aromatic rings. The average molecular weight is 407 g/mol. The van der Waals surface area contributed by atoms with Crippen molar-refractivity contribution in [3.63, 3.8) is 0 Å². The molecule has 1 aliphatic carbocycles. The van der Waals surface area contributed by atoms with Crippen LogP contribution in [0.3, 0.4) is 0 Å². The minimum atomic E-state index is -0.530. The maximum absolute atomic E-state index is 12.9. The topological polar surface area (TPSA) is 68.3 Å². The monoisotopic (exact) mass is 407 g/mol. The van der Waals surface area contributed by atoms with Gasteiger partial charge >= 0.3 is 0 Å². The molecule has 2 heterocycles.